The number of quaternary nitrogens is 1. The van der Waals surface area contributed by atoms with Crippen molar-refractivity contribution in [2.45, 2.75) is 116 Å². The van der Waals surface area contributed by atoms with E-state index in [0.29, 0.717) is 6.42 Å². The second-order valence-electron chi connectivity index (χ2n) is 8.32. The minimum Gasteiger partial charge on any atom is -0.477 e. The van der Waals surface area contributed by atoms with Gasteiger partial charge in [-0.2, -0.15) is 0 Å². The summed E-state index contributed by atoms with van der Waals surface area (Å²) in [6, 6.07) is -3.21. The summed E-state index contributed by atoms with van der Waals surface area (Å²) in [4.78, 5) is 36.4. The molecule has 3 unspecified atom stereocenters. The lowest BCUT2D eigenvalue weighted by atomic mass is 9.94. The smallest absolute Gasteiger partial charge is 0.362 e. The first-order chi connectivity index (χ1) is 14.7. The third kappa shape index (κ3) is 8.63. The quantitative estimate of drug-likeness (QED) is 0.146. The molecule has 0 rings (SSSR count). The van der Waals surface area contributed by atoms with Crippen molar-refractivity contribution < 1.29 is 34.2 Å². The zero-order chi connectivity index (χ0) is 23.9. The number of hydrogen-bond donors (Lipinski definition) is 3. The number of hydrogen-bond acceptors (Lipinski definition) is 3. The Morgan fingerprint density at radius 2 is 1.03 bits per heavy atom. The van der Waals surface area contributed by atoms with E-state index in [0.717, 1.165) is 25.7 Å². The van der Waals surface area contributed by atoms with E-state index < -0.39 is 40.5 Å². The lowest BCUT2D eigenvalue weighted by Gasteiger charge is -2.49. The summed E-state index contributed by atoms with van der Waals surface area (Å²) in [7, 11) is 0. The summed E-state index contributed by atoms with van der Waals surface area (Å²) in [5.74, 6) is -3.38. The highest BCUT2D eigenvalue weighted by Gasteiger charge is 2.55. The summed E-state index contributed by atoms with van der Waals surface area (Å²) in [6.07, 6.45) is 12.9. The molecule has 0 aromatic carbocycles. The Morgan fingerprint density at radius 1 is 0.645 bits per heavy atom. The number of unbranched alkanes of at least 4 members (excludes halogenated alkanes) is 6. The molecular weight excluding hydrogens is 398 g/mol. The lowest BCUT2D eigenvalue weighted by Crippen LogP contribution is -2.72. The highest BCUT2D eigenvalue weighted by atomic mass is 16.4. The van der Waals surface area contributed by atoms with Crippen molar-refractivity contribution in [1.29, 1.82) is 0 Å². The molecule has 0 radical (unpaired) electrons. The van der Waals surface area contributed by atoms with E-state index in [1.165, 1.54) is 19.3 Å². The number of allylic oxidation sites excluding steroid dienone is 2. The van der Waals surface area contributed by atoms with Gasteiger partial charge in [-0.05, 0) is 38.5 Å². The molecule has 0 saturated carbocycles. The maximum Gasteiger partial charge on any atom is 0.362 e. The van der Waals surface area contributed by atoms with Crippen LogP contribution in [0.4, 0.5) is 0 Å². The number of aliphatic carboxylic acids is 3. The van der Waals surface area contributed by atoms with Crippen molar-refractivity contribution in [3.8, 4) is 0 Å². The van der Waals surface area contributed by atoms with E-state index in [4.69, 9.17) is 0 Å². The first kappa shape index (κ1) is 29.1. The predicted molar refractivity (Wildman–Crippen MR) is 122 cm³/mol. The maximum absolute atomic E-state index is 12.1. The highest BCUT2D eigenvalue weighted by Crippen LogP contribution is 2.32. The molecule has 0 bridgehead atoms. The van der Waals surface area contributed by atoms with Gasteiger partial charge in [-0.1, -0.05) is 52.7 Å². The van der Waals surface area contributed by atoms with Crippen LogP contribution < -0.4 is 0 Å². The highest BCUT2D eigenvalue weighted by molar-refractivity contribution is 5.78. The zero-order valence-electron chi connectivity index (χ0n) is 19.9. The molecule has 0 aliphatic carbocycles. The van der Waals surface area contributed by atoms with Gasteiger partial charge in [-0.25, -0.2) is 14.4 Å². The Hall–Kier alpha value is -1.89. The molecule has 3 N–H and O–H groups in total. The van der Waals surface area contributed by atoms with Crippen LogP contribution in [0.15, 0.2) is 12.2 Å². The Bertz CT molecular complexity index is 519. The van der Waals surface area contributed by atoms with Gasteiger partial charge in [-0.3, -0.25) is 4.48 Å². The van der Waals surface area contributed by atoms with Gasteiger partial charge in [0.1, 0.15) is 0 Å². The zero-order valence-corrected chi connectivity index (χ0v) is 19.9. The molecule has 0 aliphatic rings. The first-order valence-corrected chi connectivity index (χ1v) is 11.9. The first-order valence-electron chi connectivity index (χ1n) is 11.9. The average Bonchev–Trinajstić information content (AvgIpc) is 2.69. The van der Waals surface area contributed by atoms with Gasteiger partial charge in [0.2, 0.25) is 0 Å². The molecule has 3 atom stereocenters. The Kier molecular flexibility index (Phi) is 14.9. The van der Waals surface area contributed by atoms with E-state index in [1.54, 1.807) is 20.8 Å². The van der Waals surface area contributed by atoms with Gasteiger partial charge in [0.25, 0.3) is 0 Å². The number of nitrogens with zero attached hydrogens (tertiary/aromatic N) is 1. The molecule has 0 amide bonds. The molecule has 31 heavy (non-hydrogen) atoms. The van der Waals surface area contributed by atoms with Gasteiger partial charge < -0.3 is 15.3 Å². The van der Waals surface area contributed by atoms with Crippen molar-refractivity contribution in [3.63, 3.8) is 0 Å². The van der Waals surface area contributed by atoms with Crippen LogP contribution in [-0.2, 0) is 14.4 Å². The van der Waals surface area contributed by atoms with Crippen LogP contribution in [0.25, 0.3) is 0 Å². The maximum atomic E-state index is 12.1. The predicted octanol–water partition coefficient (Wildman–Crippen LogP) is 5.09. The molecular formula is C24H44NO6+. The van der Waals surface area contributed by atoms with Crippen LogP contribution in [0, 0.1) is 0 Å². The van der Waals surface area contributed by atoms with Crippen LogP contribution in [0.3, 0.4) is 0 Å². The number of carbonyl (C=O) groups is 3. The van der Waals surface area contributed by atoms with Crippen molar-refractivity contribution >= 4 is 17.9 Å². The van der Waals surface area contributed by atoms with Gasteiger partial charge in [0.15, 0.2) is 18.1 Å². The largest absolute Gasteiger partial charge is 0.477 e. The van der Waals surface area contributed by atoms with Crippen molar-refractivity contribution in [1.82, 2.24) is 0 Å². The third-order valence-electron chi connectivity index (χ3n) is 6.31. The minimum atomic E-state index is -1.13. The second kappa shape index (κ2) is 15.8. The molecule has 0 aromatic heterocycles. The fraction of sp³-hybridized carbons (Fsp3) is 0.792. The number of rotatable bonds is 19. The summed E-state index contributed by atoms with van der Waals surface area (Å²) >= 11 is 0. The van der Waals surface area contributed by atoms with Crippen molar-refractivity contribution in [3.05, 3.63) is 12.2 Å². The van der Waals surface area contributed by atoms with Crippen LogP contribution in [0.2, 0.25) is 0 Å². The summed E-state index contributed by atoms with van der Waals surface area (Å²) in [5, 5.41) is 29.7. The van der Waals surface area contributed by atoms with Gasteiger partial charge in [0.05, 0.1) is 6.54 Å². The summed E-state index contributed by atoms with van der Waals surface area (Å²) in [5.41, 5.74) is 0. The molecule has 7 heteroatoms. The van der Waals surface area contributed by atoms with Gasteiger partial charge in [0, 0.05) is 19.3 Å². The summed E-state index contributed by atoms with van der Waals surface area (Å²) < 4.78 is -0.420. The third-order valence-corrected chi connectivity index (χ3v) is 6.31. The molecule has 180 valence electrons. The lowest BCUT2D eigenvalue weighted by molar-refractivity contribution is -0.973. The topological polar surface area (TPSA) is 112 Å². The average molecular weight is 443 g/mol. The SMILES string of the molecule is CCCCC/C=C/CCCCC[N+](C(CC)C(=O)O)(C(CC)C(=O)O)C(CC)C(=O)O. The molecule has 0 fully saturated rings. The molecule has 0 aliphatic heterocycles. The normalized spacial score (nSPS) is 16.5. The van der Waals surface area contributed by atoms with Crippen LogP contribution in [0.1, 0.15) is 98.3 Å². The second-order valence-corrected chi connectivity index (χ2v) is 8.32. The Labute approximate surface area is 187 Å². The van der Waals surface area contributed by atoms with Crippen LogP contribution >= 0.6 is 0 Å². The van der Waals surface area contributed by atoms with E-state index in [9.17, 15) is 29.7 Å². The summed E-state index contributed by atoms with van der Waals surface area (Å²) in [6.45, 7) is 7.49. The van der Waals surface area contributed by atoms with Gasteiger partial charge in [-0.15, -0.1) is 0 Å². The molecule has 0 aromatic rings. The molecule has 7 nitrogen and oxygen atoms in total. The molecule has 0 saturated heterocycles. The van der Waals surface area contributed by atoms with E-state index in [2.05, 4.69) is 19.1 Å². The molecule has 0 heterocycles. The van der Waals surface area contributed by atoms with Crippen LogP contribution in [-0.4, -0.2) is 62.4 Å². The minimum absolute atomic E-state index is 0.184. The fourth-order valence-electron chi connectivity index (χ4n) is 4.85. The fourth-order valence-corrected chi connectivity index (χ4v) is 4.85. The number of carboxylic acid groups (broad SMARTS) is 3. The van der Waals surface area contributed by atoms with Crippen molar-refractivity contribution in [2.24, 2.45) is 0 Å². The van der Waals surface area contributed by atoms with Gasteiger partial charge >= 0.3 is 17.9 Å². The molecule has 0 spiro atoms. The Balaban J connectivity index is 5.54. The standard InChI is InChI=1S/C24H43NO6/c1-5-9-10-11-12-13-14-15-16-17-18-25(19(6-2)22(26)27,20(7-3)23(28)29)21(8-4)24(30)31/h12-13,19-21H,5-11,14-18H2,1-4H3,(H2-,26,27,28,29,30,31)/p+1/b13-12+. The van der Waals surface area contributed by atoms with E-state index in [-0.39, 0.29) is 25.8 Å². The van der Waals surface area contributed by atoms with Crippen LogP contribution in [0.5, 0.6) is 0 Å². The van der Waals surface area contributed by atoms with E-state index in [1.807, 2.05) is 0 Å². The van der Waals surface area contributed by atoms with E-state index >= 15 is 0 Å². The Morgan fingerprint density at radius 3 is 1.35 bits per heavy atom. The van der Waals surface area contributed by atoms with Crippen molar-refractivity contribution in [2.75, 3.05) is 6.54 Å². The monoisotopic (exact) mass is 442 g/mol. The number of carboxylic acids is 3.